The summed E-state index contributed by atoms with van der Waals surface area (Å²) in [6.07, 6.45) is 1.84. The topological polar surface area (TPSA) is 124 Å². The first kappa shape index (κ1) is 16.8. The van der Waals surface area contributed by atoms with Gasteiger partial charge in [-0.1, -0.05) is 17.7 Å². The maximum absolute atomic E-state index is 12.3. The molecular weight excluding hydrogens is 326 g/mol. The second-order valence-corrected chi connectivity index (χ2v) is 5.65. The molecule has 1 aliphatic carbocycles. The molecule has 4 N–H and O–H groups in total. The highest BCUT2D eigenvalue weighted by Crippen LogP contribution is 2.33. The lowest BCUT2D eigenvalue weighted by Gasteiger charge is -2.25. The third kappa shape index (κ3) is 3.81. The number of rotatable bonds is 4. The fourth-order valence-electron chi connectivity index (χ4n) is 2.42. The summed E-state index contributed by atoms with van der Waals surface area (Å²) in [5.74, 6) is -5.18. The Bertz CT molecular complexity index is 699. The molecule has 0 spiro atoms. The molecule has 1 aromatic carbocycles. The normalized spacial score (nSPS) is 20.5. The number of aliphatic carboxylic acids is 1. The predicted molar refractivity (Wildman–Crippen MR) is 81.5 cm³/mol. The number of halogens is 1. The lowest BCUT2D eigenvalue weighted by molar-refractivity contribution is -0.146. The molecule has 8 heteroatoms. The Morgan fingerprint density at radius 2 is 1.87 bits per heavy atom. The van der Waals surface area contributed by atoms with Gasteiger partial charge in [0, 0.05) is 10.7 Å². The Balaban J connectivity index is 2.21. The van der Waals surface area contributed by atoms with Crippen LogP contribution in [0.15, 0.2) is 29.3 Å². The largest absolute Gasteiger partial charge is 0.507 e. The van der Waals surface area contributed by atoms with Crippen molar-refractivity contribution in [1.29, 1.82) is 0 Å². The number of hydrogen-bond acceptors (Lipinski definition) is 4. The number of phenols is 1. The average Bonchev–Trinajstić information content (AvgIpc) is 2.48. The molecule has 0 aliphatic heterocycles. The van der Waals surface area contributed by atoms with Crippen LogP contribution >= 0.6 is 11.6 Å². The van der Waals surface area contributed by atoms with Crippen molar-refractivity contribution in [2.45, 2.75) is 12.8 Å². The Morgan fingerprint density at radius 1 is 1.17 bits per heavy atom. The van der Waals surface area contributed by atoms with E-state index in [1.807, 2.05) is 0 Å². The molecule has 1 aromatic rings. The van der Waals surface area contributed by atoms with Crippen LogP contribution in [0.5, 0.6) is 5.75 Å². The minimum Gasteiger partial charge on any atom is -0.507 e. The van der Waals surface area contributed by atoms with E-state index in [1.165, 1.54) is 6.07 Å². The van der Waals surface area contributed by atoms with Gasteiger partial charge in [-0.15, -0.1) is 0 Å². The third-order valence-corrected chi connectivity index (χ3v) is 3.95. The van der Waals surface area contributed by atoms with Gasteiger partial charge in [0.05, 0.1) is 11.8 Å². The average molecular weight is 340 g/mol. The Hall–Kier alpha value is -2.54. The fourth-order valence-corrected chi connectivity index (χ4v) is 2.68. The van der Waals surface area contributed by atoms with Gasteiger partial charge in [-0.2, -0.15) is 0 Å². The van der Waals surface area contributed by atoms with E-state index in [4.69, 9.17) is 16.7 Å². The molecule has 7 nitrogen and oxygen atoms in total. The molecule has 1 amide bonds. The van der Waals surface area contributed by atoms with Gasteiger partial charge in [0.15, 0.2) is 0 Å². The van der Waals surface area contributed by atoms with Gasteiger partial charge in [0.1, 0.15) is 11.3 Å². The van der Waals surface area contributed by atoms with Crippen molar-refractivity contribution in [1.82, 2.24) is 0 Å². The standard InChI is InChI=1S/C15H14ClNO6/c16-7-1-3-9(14(20)21)10(5-7)13(19)17-8-2-4-12(18)11(6-8)15(22)23/h1-2,4,6,9-10,18H,3,5H2,(H,17,19)(H,20,21)(H,22,23)/t9-,10-/m0/s1. The number of carbonyl (C=O) groups excluding carboxylic acids is 1. The molecule has 0 heterocycles. The van der Waals surface area contributed by atoms with E-state index in [0.717, 1.165) is 12.1 Å². The Kier molecular flexibility index (Phi) is 4.90. The summed E-state index contributed by atoms with van der Waals surface area (Å²) in [4.78, 5) is 34.5. The molecule has 0 unspecified atom stereocenters. The van der Waals surface area contributed by atoms with Crippen LogP contribution in [0.25, 0.3) is 0 Å². The molecule has 0 aromatic heterocycles. The van der Waals surface area contributed by atoms with E-state index >= 15 is 0 Å². The number of allylic oxidation sites excluding steroid dienone is 2. The van der Waals surface area contributed by atoms with Gasteiger partial charge in [0.25, 0.3) is 0 Å². The number of carbonyl (C=O) groups is 3. The number of benzene rings is 1. The molecule has 0 saturated carbocycles. The summed E-state index contributed by atoms with van der Waals surface area (Å²) in [6.45, 7) is 0. The second kappa shape index (κ2) is 6.70. The van der Waals surface area contributed by atoms with Crippen molar-refractivity contribution in [3.63, 3.8) is 0 Å². The monoisotopic (exact) mass is 339 g/mol. The Morgan fingerprint density at radius 3 is 2.48 bits per heavy atom. The summed E-state index contributed by atoms with van der Waals surface area (Å²) >= 11 is 5.89. The maximum atomic E-state index is 12.3. The molecule has 1 aliphatic rings. The third-order valence-electron chi connectivity index (χ3n) is 3.64. The number of aromatic carboxylic acids is 1. The predicted octanol–water partition coefficient (Wildman–Crippen LogP) is 2.26. The van der Waals surface area contributed by atoms with E-state index in [9.17, 15) is 24.6 Å². The summed E-state index contributed by atoms with van der Waals surface area (Å²) in [6, 6.07) is 3.57. The molecule has 122 valence electrons. The highest BCUT2D eigenvalue weighted by molar-refractivity contribution is 6.29. The first-order valence-corrected chi connectivity index (χ1v) is 7.12. The van der Waals surface area contributed by atoms with Crippen LogP contribution in [0.2, 0.25) is 0 Å². The van der Waals surface area contributed by atoms with E-state index in [-0.39, 0.29) is 24.1 Å². The summed E-state index contributed by atoms with van der Waals surface area (Å²) in [5, 5.41) is 30.5. The van der Waals surface area contributed by atoms with Gasteiger partial charge < -0.3 is 20.6 Å². The fraction of sp³-hybridized carbons (Fsp3) is 0.267. The zero-order chi connectivity index (χ0) is 17.1. The quantitative estimate of drug-likeness (QED) is 0.624. The zero-order valence-corrected chi connectivity index (χ0v) is 12.6. The van der Waals surface area contributed by atoms with E-state index in [1.54, 1.807) is 6.08 Å². The number of amides is 1. The SMILES string of the molecule is O=C(O)c1cc(NC(=O)[C@H]2CC(Cl)=CC[C@@H]2C(=O)O)ccc1O. The number of anilines is 1. The minimum absolute atomic E-state index is 0.105. The van der Waals surface area contributed by atoms with Crippen LogP contribution in [0.4, 0.5) is 5.69 Å². The van der Waals surface area contributed by atoms with Crippen molar-refractivity contribution in [2.75, 3.05) is 5.32 Å². The molecule has 0 saturated heterocycles. The summed E-state index contributed by atoms with van der Waals surface area (Å²) < 4.78 is 0. The molecular formula is C15H14ClNO6. The molecule has 0 bridgehead atoms. The van der Waals surface area contributed by atoms with Gasteiger partial charge in [0.2, 0.25) is 5.91 Å². The first-order chi connectivity index (χ1) is 10.8. The van der Waals surface area contributed by atoms with Gasteiger partial charge >= 0.3 is 11.9 Å². The van der Waals surface area contributed by atoms with Crippen LogP contribution < -0.4 is 5.32 Å². The zero-order valence-electron chi connectivity index (χ0n) is 11.8. The van der Waals surface area contributed by atoms with Crippen molar-refractivity contribution >= 4 is 35.1 Å². The second-order valence-electron chi connectivity index (χ2n) is 5.17. The van der Waals surface area contributed by atoms with Crippen LogP contribution in [-0.4, -0.2) is 33.2 Å². The van der Waals surface area contributed by atoms with E-state index < -0.39 is 35.4 Å². The smallest absolute Gasteiger partial charge is 0.339 e. The van der Waals surface area contributed by atoms with Crippen molar-refractivity contribution in [3.8, 4) is 5.75 Å². The van der Waals surface area contributed by atoms with Crippen LogP contribution in [0.1, 0.15) is 23.2 Å². The highest BCUT2D eigenvalue weighted by Gasteiger charge is 2.36. The lowest BCUT2D eigenvalue weighted by atomic mass is 9.82. The van der Waals surface area contributed by atoms with Crippen LogP contribution in [-0.2, 0) is 9.59 Å². The number of aromatic hydroxyl groups is 1. The van der Waals surface area contributed by atoms with Crippen molar-refractivity contribution in [2.24, 2.45) is 11.8 Å². The molecule has 2 atom stereocenters. The van der Waals surface area contributed by atoms with E-state index in [2.05, 4.69) is 5.32 Å². The number of carboxylic acid groups (broad SMARTS) is 2. The maximum Gasteiger partial charge on any atom is 0.339 e. The van der Waals surface area contributed by atoms with Crippen molar-refractivity contribution < 1.29 is 29.7 Å². The summed E-state index contributed by atoms with van der Waals surface area (Å²) in [5.41, 5.74) is -0.209. The molecule has 0 radical (unpaired) electrons. The number of hydrogen-bond donors (Lipinski definition) is 4. The highest BCUT2D eigenvalue weighted by atomic mass is 35.5. The van der Waals surface area contributed by atoms with Gasteiger partial charge in [-0.25, -0.2) is 4.79 Å². The summed E-state index contributed by atoms with van der Waals surface area (Å²) in [7, 11) is 0. The lowest BCUT2D eigenvalue weighted by Crippen LogP contribution is -2.35. The van der Waals surface area contributed by atoms with Crippen LogP contribution in [0, 0.1) is 11.8 Å². The number of nitrogens with one attached hydrogen (secondary N) is 1. The molecule has 0 fully saturated rings. The first-order valence-electron chi connectivity index (χ1n) is 6.74. The van der Waals surface area contributed by atoms with Gasteiger partial charge in [-0.05, 0) is 31.0 Å². The Labute approximate surface area is 136 Å². The van der Waals surface area contributed by atoms with Gasteiger partial charge in [-0.3, -0.25) is 9.59 Å². The van der Waals surface area contributed by atoms with Crippen molar-refractivity contribution in [3.05, 3.63) is 34.9 Å². The number of carboxylic acids is 2. The van der Waals surface area contributed by atoms with Crippen LogP contribution in [0.3, 0.4) is 0 Å². The minimum atomic E-state index is -1.34. The molecule has 2 rings (SSSR count). The van der Waals surface area contributed by atoms with E-state index in [0.29, 0.717) is 5.03 Å². The molecule has 23 heavy (non-hydrogen) atoms.